The second-order valence-electron chi connectivity index (χ2n) is 4.72. The van der Waals surface area contributed by atoms with Gasteiger partial charge in [-0.2, -0.15) is 0 Å². The van der Waals surface area contributed by atoms with E-state index in [-0.39, 0.29) is 12.4 Å². The molecule has 21 heavy (non-hydrogen) atoms. The highest BCUT2D eigenvalue weighted by Crippen LogP contribution is 2.26. The molecule has 0 spiro atoms. The minimum Gasteiger partial charge on any atom is -0.483 e. The van der Waals surface area contributed by atoms with Gasteiger partial charge in [-0.25, -0.2) is 0 Å². The fraction of sp³-hybridized carbons (Fsp3) is 0.400. The number of anilines is 1. The van der Waals surface area contributed by atoms with Gasteiger partial charge in [0.2, 0.25) is 5.91 Å². The molecule has 6 nitrogen and oxygen atoms in total. The zero-order valence-electron chi connectivity index (χ0n) is 12.0. The molecule has 1 aromatic rings. The molecule has 1 aromatic carbocycles. The van der Waals surface area contributed by atoms with Crippen molar-refractivity contribution in [3.63, 3.8) is 0 Å². The summed E-state index contributed by atoms with van der Waals surface area (Å²) in [4.78, 5) is 33.3. The van der Waals surface area contributed by atoms with Crippen LogP contribution in [0.15, 0.2) is 18.2 Å². The molecule has 2 rings (SSSR count). The van der Waals surface area contributed by atoms with Crippen LogP contribution in [0.25, 0.3) is 0 Å². The van der Waals surface area contributed by atoms with E-state index in [2.05, 4.69) is 6.92 Å². The Balaban J connectivity index is 0.000000677. The van der Waals surface area contributed by atoms with E-state index in [4.69, 9.17) is 15.6 Å². The summed E-state index contributed by atoms with van der Waals surface area (Å²) in [6.45, 7) is 2.51. The van der Waals surface area contributed by atoms with Gasteiger partial charge in [-0.05, 0) is 30.5 Å². The van der Waals surface area contributed by atoms with Crippen LogP contribution in [-0.4, -0.2) is 29.9 Å². The highest BCUT2D eigenvalue weighted by molar-refractivity contribution is 6.05. The van der Waals surface area contributed by atoms with Gasteiger partial charge >= 0.3 is 0 Å². The predicted octanol–water partition coefficient (Wildman–Crippen LogP) is 1.57. The van der Waals surface area contributed by atoms with Gasteiger partial charge in [0.25, 0.3) is 12.4 Å². The third kappa shape index (κ3) is 4.30. The van der Waals surface area contributed by atoms with Gasteiger partial charge in [-0.3, -0.25) is 14.4 Å². The van der Waals surface area contributed by atoms with Crippen LogP contribution in [-0.2, 0) is 16.0 Å². The lowest BCUT2D eigenvalue weighted by molar-refractivity contribution is -0.123. The standard InChI is InChI=1S/C14H18N2O2.CH2O2/c1-2-4-10-6-7-12(11(9-10)14(15)18)16-8-3-5-13(16)17;2-1-3/h6-7,9H,2-5,8H2,1H3,(H2,15,18);1H,(H,2,3). The van der Waals surface area contributed by atoms with Gasteiger partial charge in [0.15, 0.2) is 0 Å². The van der Waals surface area contributed by atoms with Gasteiger partial charge in [-0.15, -0.1) is 0 Å². The van der Waals surface area contributed by atoms with Crippen LogP contribution in [0.5, 0.6) is 0 Å². The van der Waals surface area contributed by atoms with Crippen LogP contribution in [0.3, 0.4) is 0 Å². The van der Waals surface area contributed by atoms with Crippen molar-refractivity contribution < 1.29 is 19.5 Å². The largest absolute Gasteiger partial charge is 0.483 e. The lowest BCUT2D eigenvalue weighted by Crippen LogP contribution is -2.27. The molecule has 1 saturated heterocycles. The van der Waals surface area contributed by atoms with Crippen LogP contribution in [0.1, 0.15) is 42.1 Å². The number of carboxylic acid groups (broad SMARTS) is 1. The Labute approximate surface area is 123 Å². The first-order valence-corrected chi connectivity index (χ1v) is 6.86. The Kier molecular flexibility index (Phi) is 6.39. The minimum atomic E-state index is -0.470. The summed E-state index contributed by atoms with van der Waals surface area (Å²) in [5.74, 6) is -0.400. The van der Waals surface area contributed by atoms with Crippen molar-refractivity contribution in [1.29, 1.82) is 0 Å². The second-order valence-corrected chi connectivity index (χ2v) is 4.72. The molecule has 0 unspecified atom stereocenters. The smallest absolute Gasteiger partial charge is 0.290 e. The Hall–Kier alpha value is -2.37. The van der Waals surface area contributed by atoms with Crippen molar-refractivity contribution in [2.45, 2.75) is 32.6 Å². The maximum Gasteiger partial charge on any atom is 0.290 e. The molecule has 0 bridgehead atoms. The van der Waals surface area contributed by atoms with Crippen molar-refractivity contribution in [1.82, 2.24) is 0 Å². The molecule has 1 fully saturated rings. The first-order chi connectivity index (χ1) is 10.0. The van der Waals surface area contributed by atoms with Gasteiger partial charge in [0, 0.05) is 13.0 Å². The van der Waals surface area contributed by atoms with Crippen molar-refractivity contribution in [2.75, 3.05) is 11.4 Å². The number of aryl methyl sites for hydroxylation is 1. The number of nitrogens with two attached hydrogens (primary N) is 1. The lowest BCUT2D eigenvalue weighted by atomic mass is 10.0. The summed E-state index contributed by atoms with van der Waals surface area (Å²) >= 11 is 0. The zero-order valence-corrected chi connectivity index (χ0v) is 12.0. The molecule has 1 aliphatic heterocycles. The third-order valence-electron chi connectivity index (χ3n) is 3.23. The molecule has 1 heterocycles. The Morgan fingerprint density at radius 1 is 1.48 bits per heavy atom. The number of hydrogen-bond acceptors (Lipinski definition) is 3. The normalized spacial score (nSPS) is 13.6. The van der Waals surface area contributed by atoms with Gasteiger partial charge in [-0.1, -0.05) is 19.4 Å². The molecule has 0 atom stereocenters. The maximum absolute atomic E-state index is 11.7. The summed E-state index contributed by atoms with van der Waals surface area (Å²) in [5.41, 5.74) is 7.61. The fourth-order valence-corrected chi connectivity index (χ4v) is 2.36. The lowest BCUT2D eigenvalue weighted by Gasteiger charge is -2.19. The average Bonchev–Trinajstić information content (AvgIpc) is 2.86. The molecule has 2 amide bonds. The van der Waals surface area contributed by atoms with Crippen LogP contribution >= 0.6 is 0 Å². The van der Waals surface area contributed by atoms with Crippen molar-refractivity contribution in [3.8, 4) is 0 Å². The first kappa shape index (κ1) is 16.7. The van der Waals surface area contributed by atoms with E-state index in [1.807, 2.05) is 18.2 Å². The zero-order chi connectivity index (χ0) is 15.8. The first-order valence-electron chi connectivity index (χ1n) is 6.86. The number of rotatable bonds is 4. The van der Waals surface area contributed by atoms with Crippen LogP contribution < -0.4 is 10.6 Å². The molecule has 0 saturated carbocycles. The topological polar surface area (TPSA) is 101 Å². The van der Waals surface area contributed by atoms with Crippen molar-refractivity contribution >= 4 is 24.0 Å². The second kappa shape index (κ2) is 8.04. The summed E-state index contributed by atoms with van der Waals surface area (Å²) in [5, 5.41) is 6.89. The minimum absolute atomic E-state index is 0.0701. The van der Waals surface area contributed by atoms with E-state index >= 15 is 0 Å². The van der Waals surface area contributed by atoms with Gasteiger partial charge < -0.3 is 15.7 Å². The average molecular weight is 292 g/mol. The van der Waals surface area contributed by atoms with E-state index in [0.717, 1.165) is 24.8 Å². The van der Waals surface area contributed by atoms with Crippen molar-refractivity contribution in [3.05, 3.63) is 29.3 Å². The van der Waals surface area contributed by atoms with E-state index < -0.39 is 5.91 Å². The van der Waals surface area contributed by atoms with Crippen molar-refractivity contribution in [2.24, 2.45) is 5.73 Å². The number of amides is 2. The summed E-state index contributed by atoms with van der Waals surface area (Å²) < 4.78 is 0. The van der Waals surface area contributed by atoms with E-state index in [1.165, 1.54) is 0 Å². The highest BCUT2D eigenvalue weighted by Gasteiger charge is 2.25. The number of primary amides is 1. The number of carbonyl (C=O) groups excluding carboxylic acids is 2. The van der Waals surface area contributed by atoms with E-state index in [0.29, 0.717) is 24.2 Å². The molecular formula is C15H20N2O4. The van der Waals surface area contributed by atoms with E-state index in [1.54, 1.807) is 4.90 Å². The Bertz CT molecular complexity index is 528. The molecular weight excluding hydrogens is 272 g/mol. The predicted molar refractivity (Wildman–Crippen MR) is 79.2 cm³/mol. The molecule has 0 aliphatic carbocycles. The Morgan fingerprint density at radius 3 is 2.62 bits per heavy atom. The molecule has 1 aliphatic rings. The van der Waals surface area contributed by atoms with Crippen LogP contribution in [0, 0.1) is 0 Å². The molecule has 0 radical (unpaired) electrons. The third-order valence-corrected chi connectivity index (χ3v) is 3.23. The SMILES string of the molecule is CCCc1ccc(N2CCCC2=O)c(C(N)=O)c1.O=CO. The number of nitrogens with zero attached hydrogens (tertiary/aromatic N) is 1. The highest BCUT2D eigenvalue weighted by atomic mass is 16.3. The van der Waals surface area contributed by atoms with Crippen LogP contribution in [0.4, 0.5) is 5.69 Å². The molecule has 114 valence electrons. The fourth-order valence-electron chi connectivity index (χ4n) is 2.36. The molecule has 0 aromatic heterocycles. The van der Waals surface area contributed by atoms with Gasteiger partial charge in [0.05, 0.1) is 11.3 Å². The van der Waals surface area contributed by atoms with Gasteiger partial charge in [0.1, 0.15) is 0 Å². The monoisotopic (exact) mass is 292 g/mol. The number of benzene rings is 1. The summed E-state index contributed by atoms with van der Waals surface area (Å²) in [6, 6.07) is 5.62. The van der Waals surface area contributed by atoms with E-state index in [9.17, 15) is 9.59 Å². The summed E-state index contributed by atoms with van der Waals surface area (Å²) in [7, 11) is 0. The number of hydrogen-bond donors (Lipinski definition) is 2. The quantitative estimate of drug-likeness (QED) is 0.822. The summed E-state index contributed by atoms with van der Waals surface area (Å²) in [6.07, 6.45) is 3.32. The maximum atomic E-state index is 11.7. The number of carbonyl (C=O) groups is 3. The molecule has 3 N–H and O–H groups in total. The molecule has 6 heteroatoms. The van der Waals surface area contributed by atoms with Crippen LogP contribution in [0.2, 0.25) is 0 Å². The Morgan fingerprint density at radius 2 is 2.14 bits per heavy atom.